The monoisotopic (exact) mass is 267 g/mol. The number of hydrogen-bond donors (Lipinski definition) is 3. The molecule has 6 nitrogen and oxygen atoms in total. The molecule has 0 saturated carbocycles. The summed E-state index contributed by atoms with van der Waals surface area (Å²) in [4.78, 5) is 19.1. The first-order valence-electron chi connectivity index (χ1n) is 6.16. The first-order chi connectivity index (χ1) is 9.72. The summed E-state index contributed by atoms with van der Waals surface area (Å²) in [5.41, 5.74) is 2.06. The number of benzene rings is 1. The molecule has 2 heterocycles. The van der Waals surface area contributed by atoms with Crippen LogP contribution >= 0.6 is 0 Å². The third-order valence-electron chi connectivity index (χ3n) is 2.82. The van der Waals surface area contributed by atoms with Crippen molar-refractivity contribution in [2.75, 3.05) is 5.32 Å². The second-order valence-corrected chi connectivity index (χ2v) is 4.36. The molecule has 0 atom stereocenters. The fourth-order valence-corrected chi connectivity index (χ4v) is 1.88. The van der Waals surface area contributed by atoms with E-state index in [2.05, 4.69) is 25.5 Å². The van der Waals surface area contributed by atoms with Crippen LogP contribution in [0, 0.1) is 6.92 Å². The average Bonchev–Trinajstić information content (AvgIpc) is 3.10. The number of aromatic amines is 2. The molecular weight excluding hydrogens is 254 g/mol. The van der Waals surface area contributed by atoms with Crippen molar-refractivity contribution in [2.24, 2.45) is 0 Å². The zero-order valence-electron chi connectivity index (χ0n) is 10.8. The number of H-pyrrole nitrogens is 2. The maximum absolute atomic E-state index is 11.9. The van der Waals surface area contributed by atoms with E-state index in [0.29, 0.717) is 17.2 Å². The summed E-state index contributed by atoms with van der Waals surface area (Å²) < 4.78 is 0. The molecule has 3 N–H and O–H groups in total. The van der Waals surface area contributed by atoms with Gasteiger partial charge in [-0.25, -0.2) is 4.98 Å². The lowest BCUT2D eigenvalue weighted by Crippen LogP contribution is -2.12. The van der Waals surface area contributed by atoms with E-state index in [1.54, 1.807) is 18.3 Å². The molecule has 0 bridgehead atoms. The predicted octanol–water partition coefficient (Wildman–Crippen LogP) is 2.36. The van der Waals surface area contributed by atoms with Gasteiger partial charge in [0.25, 0.3) is 5.91 Å². The van der Waals surface area contributed by atoms with Crippen LogP contribution in [0.5, 0.6) is 0 Å². The molecule has 6 heteroatoms. The SMILES string of the molecule is Cc1nc(-c2cccc(NC(=O)c3ccc[nH]3)c2)n[nH]1. The van der Waals surface area contributed by atoms with E-state index >= 15 is 0 Å². The molecule has 0 saturated heterocycles. The predicted molar refractivity (Wildman–Crippen MR) is 75.3 cm³/mol. The molecule has 0 unspecified atom stereocenters. The highest BCUT2D eigenvalue weighted by Gasteiger charge is 2.08. The van der Waals surface area contributed by atoms with Crippen molar-refractivity contribution in [3.8, 4) is 11.4 Å². The molecule has 0 spiro atoms. The largest absolute Gasteiger partial charge is 0.357 e. The van der Waals surface area contributed by atoms with E-state index in [9.17, 15) is 4.79 Å². The standard InChI is InChI=1S/C14H13N5O/c1-9-16-13(19-18-9)10-4-2-5-11(8-10)17-14(20)12-6-3-7-15-12/h2-8,15H,1H3,(H,17,20)(H,16,18,19). The summed E-state index contributed by atoms with van der Waals surface area (Å²) in [6, 6.07) is 10.9. The van der Waals surface area contributed by atoms with Crippen molar-refractivity contribution < 1.29 is 4.79 Å². The Kier molecular flexibility index (Phi) is 3.04. The Labute approximate surface area is 115 Å². The van der Waals surface area contributed by atoms with Gasteiger partial charge in [-0.3, -0.25) is 9.89 Å². The summed E-state index contributed by atoms with van der Waals surface area (Å²) in [5, 5.41) is 9.72. The van der Waals surface area contributed by atoms with Crippen molar-refractivity contribution >= 4 is 11.6 Å². The van der Waals surface area contributed by atoms with Crippen molar-refractivity contribution in [2.45, 2.75) is 6.92 Å². The van der Waals surface area contributed by atoms with Crippen LogP contribution in [0.4, 0.5) is 5.69 Å². The van der Waals surface area contributed by atoms with Crippen LogP contribution in [-0.2, 0) is 0 Å². The van der Waals surface area contributed by atoms with Gasteiger partial charge >= 0.3 is 0 Å². The van der Waals surface area contributed by atoms with Crippen LogP contribution in [0.3, 0.4) is 0 Å². The summed E-state index contributed by atoms with van der Waals surface area (Å²) in [6.45, 7) is 1.84. The van der Waals surface area contributed by atoms with Gasteiger partial charge in [-0.15, -0.1) is 0 Å². The molecule has 0 aliphatic carbocycles. The Morgan fingerprint density at radius 1 is 1.25 bits per heavy atom. The Bertz CT molecular complexity index is 730. The van der Waals surface area contributed by atoms with E-state index in [0.717, 1.165) is 11.4 Å². The second kappa shape index (κ2) is 5.00. The Morgan fingerprint density at radius 3 is 2.85 bits per heavy atom. The van der Waals surface area contributed by atoms with Crippen LogP contribution in [0.1, 0.15) is 16.3 Å². The summed E-state index contributed by atoms with van der Waals surface area (Å²) in [6.07, 6.45) is 1.71. The molecule has 3 rings (SSSR count). The number of aryl methyl sites for hydroxylation is 1. The van der Waals surface area contributed by atoms with E-state index in [1.807, 2.05) is 31.2 Å². The fraction of sp³-hybridized carbons (Fsp3) is 0.0714. The molecular formula is C14H13N5O. The summed E-state index contributed by atoms with van der Waals surface area (Å²) >= 11 is 0. The molecule has 20 heavy (non-hydrogen) atoms. The molecule has 0 aliphatic heterocycles. The third-order valence-corrected chi connectivity index (χ3v) is 2.82. The molecule has 0 fully saturated rings. The number of amides is 1. The second-order valence-electron chi connectivity index (χ2n) is 4.36. The van der Waals surface area contributed by atoms with Gasteiger partial charge < -0.3 is 10.3 Å². The number of anilines is 1. The van der Waals surface area contributed by atoms with Crippen molar-refractivity contribution in [1.29, 1.82) is 0 Å². The Morgan fingerprint density at radius 2 is 2.15 bits per heavy atom. The first-order valence-corrected chi connectivity index (χ1v) is 6.16. The van der Waals surface area contributed by atoms with Gasteiger partial charge in [-0.2, -0.15) is 5.10 Å². The first kappa shape index (κ1) is 12.2. The van der Waals surface area contributed by atoms with Crippen LogP contribution < -0.4 is 5.32 Å². The molecule has 0 radical (unpaired) electrons. The number of rotatable bonds is 3. The third kappa shape index (κ3) is 2.44. The number of carbonyl (C=O) groups excluding carboxylic acids is 1. The van der Waals surface area contributed by atoms with Crippen LogP contribution in [0.2, 0.25) is 0 Å². The summed E-state index contributed by atoms with van der Waals surface area (Å²) in [5.74, 6) is 1.18. The number of nitrogens with one attached hydrogen (secondary N) is 3. The number of carbonyl (C=O) groups is 1. The maximum atomic E-state index is 11.9. The fourth-order valence-electron chi connectivity index (χ4n) is 1.88. The molecule has 1 aromatic carbocycles. The minimum Gasteiger partial charge on any atom is -0.357 e. The van der Waals surface area contributed by atoms with Crippen LogP contribution in [-0.4, -0.2) is 26.1 Å². The Hall–Kier alpha value is -2.89. The number of hydrogen-bond acceptors (Lipinski definition) is 3. The van der Waals surface area contributed by atoms with E-state index < -0.39 is 0 Å². The lowest BCUT2D eigenvalue weighted by atomic mass is 10.2. The average molecular weight is 267 g/mol. The van der Waals surface area contributed by atoms with Gasteiger partial charge in [0.2, 0.25) is 0 Å². The highest BCUT2D eigenvalue weighted by atomic mass is 16.1. The van der Waals surface area contributed by atoms with Crippen LogP contribution in [0.15, 0.2) is 42.6 Å². The molecule has 1 amide bonds. The smallest absolute Gasteiger partial charge is 0.272 e. The topological polar surface area (TPSA) is 86.5 Å². The zero-order chi connectivity index (χ0) is 13.9. The van der Waals surface area contributed by atoms with E-state index in [-0.39, 0.29) is 5.91 Å². The normalized spacial score (nSPS) is 10.4. The molecule has 100 valence electrons. The van der Waals surface area contributed by atoms with E-state index in [1.165, 1.54) is 0 Å². The minimum atomic E-state index is -0.182. The highest BCUT2D eigenvalue weighted by molar-refractivity contribution is 6.03. The maximum Gasteiger partial charge on any atom is 0.272 e. The van der Waals surface area contributed by atoms with Gasteiger partial charge in [0.1, 0.15) is 11.5 Å². The van der Waals surface area contributed by atoms with Gasteiger partial charge in [0, 0.05) is 17.4 Å². The molecule has 3 aromatic rings. The van der Waals surface area contributed by atoms with E-state index in [4.69, 9.17) is 0 Å². The zero-order valence-corrected chi connectivity index (χ0v) is 10.8. The number of aromatic nitrogens is 4. The molecule has 0 aliphatic rings. The Balaban J connectivity index is 1.83. The van der Waals surface area contributed by atoms with Crippen LogP contribution in [0.25, 0.3) is 11.4 Å². The van der Waals surface area contributed by atoms with Crippen molar-refractivity contribution in [3.05, 3.63) is 54.1 Å². The lowest BCUT2D eigenvalue weighted by molar-refractivity contribution is 0.102. The van der Waals surface area contributed by atoms with Gasteiger partial charge in [-0.1, -0.05) is 12.1 Å². The van der Waals surface area contributed by atoms with Crippen molar-refractivity contribution in [3.63, 3.8) is 0 Å². The molecule has 2 aromatic heterocycles. The lowest BCUT2D eigenvalue weighted by Gasteiger charge is -2.05. The van der Waals surface area contributed by atoms with Gasteiger partial charge in [-0.05, 0) is 31.2 Å². The quantitative estimate of drug-likeness (QED) is 0.680. The summed E-state index contributed by atoms with van der Waals surface area (Å²) in [7, 11) is 0. The van der Waals surface area contributed by atoms with Crippen molar-refractivity contribution in [1.82, 2.24) is 20.2 Å². The minimum absolute atomic E-state index is 0.182. The van der Waals surface area contributed by atoms with Gasteiger partial charge in [0.15, 0.2) is 5.82 Å². The van der Waals surface area contributed by atoms with Gasteiger partial charge in [0.05, 0.1) is 0 Å². The highest BCUT2D eigenvalue weighted by Crippen LogP contribution is 2.19. The number of nitrogens with zero attached hydrogens (tertiary/aromatic N) is 2.